The number of hydrogen-bond acceptors (Lipinski definition) is 3. The monoisotopic (exact) mass is 488 g/mol. The number of benzene rings is 2. The minimum absolute atomic E-state index is 0.266. The van der Waals surface area contributed by atoms with E-state index < -0.39 is 5.97 Å². The third kappa shape index (κ3) is 3.90. The molecule has 2 aromatic carbocycles. The second-order valence-corrected chi connectivity index (χ2v) is 8.10. The maximum Gasteiger partial charge on any atom is 0.341 e. The summed E-state index contributed by atoms with van der Waals surface area (Å²) >= 11 is 15.9. The largest absolute Gasteiger partial charge is 0.462 e. The first-order valence-corrected chi connectivity index (χ1v) is 10.4. The number of ether oxygens (including phenoxy) is 1. The molecule has 0 N–H and O–H groups in total. The van der Waals surface area contributed by atoms with E-state index in [0.29, 0.717) is 21.3 Å². The third-order valence-electron chi connectivity index (χ3n) is 4.42. The number of hydrogen-bond donors (Lipinski definition) is 0. The fraction of sp³-hybridized carbons (Fsp3) is 0.0909. The molecule has 0 aliphatic heterocycles. The molecule has 4 nitrogen and oxygen atoms in total. The van der Waals surface area contributed by atoms with Crippen molar-refractivity contribution in [3.05, 3.63) is 80.9 Å². The quantitative estimate of drug-likeness (QED) is 0.292. The molecule has 2 heterocycles. The fourth-order valence-electron chi connectivity index (χ4n) is 3.16. The third-order valence-corrected chi connectivity index (χ3v) is 5.40. The summed E-state index contributed by atoms with van der Waals surface area (Å²) in [6, 6.07) is 16.9. The number of halogens is 3. The van der Waals surface area contributed by atoms with Crippen molar-refractivity contribution in [1.29, 1.82) is 0 Å². The van der Waals surface area contributed by atoms with Crippen LogP contribution in [0.1, 0.15) is 17.3 Å². The molecule has 0 spiro atoms. The highest BCUT2D eigenvalue weighted by molar-refractivity contribution is 9.10. The number of imidazole rings is 1. The lowest BCUT2D eigenvalue weighted by molar-refractivity contribution is 0.0528. The standard InChI is InChI=1S/C22H15BrCl2N2O2/c1-2-29-22(28)18-11-17(25)12-27-20(14-5-9-16(24)10-6-14)19(26-21(18)27)13-3-7-15(23)8-4-13/h3-12H,2H2,1H3. The van der Waals surface area contributed by atoms with Gasteiger partial charge in [0.25, 0.3) is 0 Å². The summed E-state index contributed by atoms with van der Waals surface area (Å²) in [6.45, 7) is 2.03. The van der Waals surface area contributed by atoms with Gasteiger partial charge in [-0.15, -0.1) is 0 Å². The molecular formula is C22H15BrCl2N2O2. The maximum atomic E-state index is 12.5. The highest BCUT2D eigenvalue weighted by atomic mass is 79.9. The van der Waals surface area contributed by atoms with Crippen LogP contribution in [0.4, 0.5) is 0 Å². The van der Waals surface area contributed by atoms with Gasteiger partial charge in [0, 0.05) is 26.8 Å². The van der Waals surface area contributed by atoms with Gasteiger partial charge in [-0.25, -0.2) is 9.78 Å². The van der Waals surface area contributed by atoms with Gasteiger partial charge in [0.15, 0.2) is 5.65 Å². The van der Waals surface area contributed by atoms with Crippen LogP contribution in [-0.2, 0) is 4.74 Å². The first-order chi connectivity index (χ1) is 14.0. The van der Waals surface area contributed by atoms with Gasteiger partial charge in [-0.1, -0.05) is 63.4 Å². The summed E-state index contributed by atoms with van der Waals surface area (Å²) in [7, 11) is 0. The van der Waals surface area contributed by atoms with Gasteiger partial charge in [-0.05, 0) is 37.3 Å². The van der Waals surface area contributed by atoms with Crippen LogP contribution in [0, 0.1) is 0 Å². The normalized spacial score (nSPS) is 11.0. The Labute approximate surface area is 186 Å². The lowest BCUT2D eigenvalue weighted by atomic mass is 10.0. The number of carbonyl (C=O) groups excluding carboxylic acids is 1. The topological polar surface area (TPSA) is 43.6 Å². The molecule has 4 aromatic rings. The molecule has 0 unspecified atom stereocenters. The number of pyridine rings is 1. The second kappa shape index (κ2) is 8.19. The van der Waals surface area contributed by atoms with E-state index in [1.165, 1.54) is 0 Å². The van der Waals surface area contributed by atoms with E-state index in [-0.39, 0.29) is 6.61 Å². The van der Waals surface area contributed by atoms with Crippen molar-refractivity contribution in [2.45, 2.75) is 6.92 Å². The van der Waals surface area contributed by atoms with Gasteiger partial charge in [0.1, 0.15) is 5.56 Å². The molecule has 0 amide bonds. The van der Waals surface area contributed by atoms with Crippen LogP contribution in [0.2, 0.25) is 10.0 Å². The average Bonchev–Trinajstić information content (AvgIpc) is 3.08. The molecule has 0 aliphatic carbocycles. The van der Waals surface area contributed by atoms with Gasteiger partial charge in [-0.3, -0.25) is 4.40 Å². The molecule has 0 bridgehead atoms. The van der Waals surface area contributed by atoms with Crippen molar-refractivity contribution >= 4 is 50.7 Å². The number of fused-ring (bicyclic) bond motifs is 1. The Bertz CT molecular complexity index is 1200. The van der Waals surface area contributed by atoms with Gasteiger partial charge in [0.05, 0.1) is 23.0 Å². The summed E-state index contributed by atoms with van der Waals surface area (Å²) in [5.41, 5.74) is 4.15. The van der Waals surface area contributed by atoms with Crippen molar-refractivity contribution in [1.82, 2.24) is 9.38 Å². The van der Waals surface area contributed by atoms with E-state index in [0.717, 1.165) is 27.0 Å². The molecule has 0 radical (unpaired) electrons. The molecule has 7 heteroatoms. The van der Waals surface area contributed by atoms with Gasteiger partial charge >= 0.3 is 5.97 Å². The van der Waals surface area contributed by atoms with Crippen molar-refractivity contribution in [2.75, 3.05) is 6.61 Å². The molecule has 146 valence electrons. The maximum absolute atomic E-state index is 12.5. The summed E-state index contributed by atoms with van der Waals surface area (Å²) in [5.74, 6) is -0.463. The van der Waals surface area contributed by atoms with E-state index in [4.69, 9.17) is 32.9 Å². The first-order valence-electron chi connectivity index (χ1n) is 8.88. The molecule has 2 aromatic heterocycles. The lowest BCUT2D eigenvalue weighted by Gasteiger charge is -2.08. The van der Waals surface area contributed by atoms with Crippen LogP contribution in [0.15, 0.2) is 65.3 Å². The Balaban J connectivity index is 2.06. The van der Waals surface area contributed by atoms with Crippen molar-refractivity contribution < 1.29 is 9.53 Å². The number of aromatic nitrogens is 2. The number of esters is 1. The van der Waals surface area contributed by atoms with Crippen molar-refractivity contribution in [2.24, 2.45) is 0 Å². The second-order valence-electron chi connectivity index (χ2n) is 6.31. The molecule has 0 saturated heterocycles. The number of nitrogens with zero attached hydrogens (tertiary/aromatic N) is 2. The molecule has 0 saturated carbocycles. The Kier molecular flexibility index (Phi) is 5.63. The summed E-state index contributed by atoms with van der Waals surface area (Å²) in [6.07, 6.45) is 1.75. The number of rotatable bonds is 4. The van der Waals surface area contributed by atoms with Crippen LogP contribution in [0.3, 0.4) is 0 Å². The molecule has 29 heavy (non-hydrogen) atoms. The lowest BCUT2D eigenvalue weighted by Crippen LogP contribution is -2.07. The van der Waals surface area contributed by atoms with Crippen molar-refractivity contribution in [3.63, 3.8) is 0 Å². The Morgan fingerprint density at radius 2 is 1.69 bits per heavy atom. The van der Waals surface area contributed by atoms with Gasteiger partial charge in [-0.2, -0.15) is 0 Å². The minimum Gasteiger partial charge on any atom is -0.462 e. The zero-order chi connectivity index (χ0) is 20.5. The Morgan fingerprint density at radius 3 is 2.34 bits per heavy atom. The highest BCUT2D eigenvalue weighted by Gasteiger charge is 2.22. The average molecular weight is 490 g/mol. The van der Waals surface area contributed by atoms with Gasteiger partial charge < -0.3 is 4.74 Å². The molecular weight excluding hydrogens is 475 g/mol. The van der Waals surface area contributed by atoms with E-state index in [2.05, 4.69) is 15.9 Å². The van der Waals surface area contributed by atoms with E-state index in [1.807, 2.05) is 52.9 Å². The first kappa shape index (κ1) is 20.0. The van der Waals surface area contributed by atoms with Crippen LogP contribution in [-0.4, -0.2) is 22.0 Å². The van der Waals surface area contributed by atoms with Crippen LogP contribution in [0.25, 0.3) is 28.2 Å². The predicted octanol–water partition coefficient (Wildman–Crippen LogP) is 6.91. The fourth-order valence-corrected chi connectivity index (χ4v) is 3.76. The Morgan fingerprint density at radius 1 is 1.03 bits per heavy atom. The van der Waals surface area contributed by atoms with Crippen LogP contribution in [0.5, 0.6) is 0 Å². The summed E-state index contributed by atoms with van der Waals surface area (Å²) in [5, 5.41) is 1.05. The van der Waals surface area contributed by atoms with Crippen LogP contribution < -0.4 is 0 Å². The minimum atomic E-state index is -0.463. The summed E-state index contributed by atoms with van der Waals surface area (Å²) < 4.78 is 8.00. The van der Waals surface area contributed by atoms with E-state index in [1.54, 1.807) is 19.2 Å². The smallest absolute Gasteiger partial charge is 0.341 e. The van der Waals surface area contributed by atoms with E-state index in [9.17, 15) is 4.79 Å². The zero-order valence-corrected chi connectivity index (χ0v) is 18.4. The van der Waals surface area contributed by atoms with Gasteiger partial charge in [0.2, 0.25) is 0 Å². The highest BCUT2D eigenvalue weighted by Crippen LogP contribution is 2.35. The van der Waals surface area contributed by atoms with E-state index >= 15 is 0 Å². The SMILES string of the molecule is CCOC(=O)c1cc(Cl)cn2c(-c3ccc(Cl)cc3)c(-c3ccc(Br)cc3)nc12. The zero-order valence-electron chi connectivity index (χ0n) is 15.3. The molecule has 0 aliphatic rings. The predicted molar refractivity (Wildman–Crippen MR) is 120 cm³/mol. The summed E-state index contributed by atoms with van der Waals surface area (Å²) in [4.78, 5) is 17.3. The van der Waals surface area contributed by atoms with Crippen molar-refractivity contribution in [3.8, 4) is 22.5 Å². The molecule has 4 rings (SSSR count). The van der Waals surface area contributed by atoms with Crippen LogP contribution >= 0.6 is 39.1 Å². The molecule has 0 atom stereocenters. The Hall–Kier alpha value is -2.34. The number of carbonyl (C=O) groups is 1. The molecule has 0 fully saturated rings.